The van der Waals surface area contributed by atoms with Gasteiger partial charge in [-0.2, -0.15) is 0 Å². The SMILES string of the molecule is C[S@@](=O)c1ccc(CNCC2(c3ccc4c(c3)OCO4)CC2)cc1. The van der Waals surface area contributed by atoms with Crippen molar-refractivity contribution in [2.75, 3.05) is 19.6 Å². The molecule has 4 nitrogen and oxygen atoms in total. The Kier molecular flexibility index (Phi) is 4.06. The van der Waals surface area contributed by atoms with Crippen LogP contribution in [0.1, 0.15) is 24.0 Å². The molecule has 0 bridgehead atoms. The molecule has 24 heavy (non-hydrogen) atoms. The summed E-state index contributed by atoms with van der Waals surface area (Å²) in [5.74, 6) is 1.71. The summed E-state index contributed by atoms with van der Waals surface area (Å²) in [6.07, 6.45) is 4.11. The van der Waals surface area contributed by atoms with Gasteiger partial charge in [0, 0.05) is 40.5 Å². The number of rotatable bonds is 6. The topological polar surface area (TPSA) is 47.6 Å². The van der Waals surface area contributed by atoms with Crippen molar-refractivity contribution in [3.63, 3.8) is 0 Å². The molecule has 5 heteroatoms. The maximum atomic E-state index is 11.4. The van der Waals surface area contributed by atoms with Crippen LogP contribution >= 0.6 is 0 Å². The lowest BCUT2D eigenvalue weighted by Gasteiger charge is -2.17. The lowest BCUT2D eigenvalue weighted by atomic mass is 9.95. The van der Waals surface area contributed by atoms with E-state index in [1.54, 1.807) is 6.26 Å². The van der Waals surface area contributed by atoms with Crippen molar-refractivity contribution in [2.24, 2.45) is 0 Å². The Hall–Kier alpha value is -1.85. The van der Waals surface area contributed by atoms with Gasteiger partial charge in [-0.3, -0.25) is 4.21 Å². The molecule has 1 N–H and O–H groups in total. The van der Waals surface area contributed by atoms with E-state index in [4.69, 9.17) is 9.47 Å². The average Bonchev–Trinajstić information content (AvgIpc) is 3.23. The molecule has 0 saturated heterocycles. The highest BCUT2D eigenvalue weighted by Gasteiger charge is 2.44. The Morgan fingerprint density at radius 2 is 1.83 bits per heavy atom. The van der Waals surface area contributed by atoms with Gasteiger partial charge in [-0.05, 0) is 48.2 Å². The quantitative estimate of drug-likeness (QED) is 0.876. The first-order chi connectivity index (χ1) is 11.7. The first-order valence-corrected chi connectivity index (χ1v) is 9.75. The van der Waals surface area contributed by atoms with E-state index in [2.05, 4.69) is 17.4 Å². The van der Waals surface area contributed by atoms with Crippen LogP contribution in [-0.2, 0) is 22.8 Å². The molecule has 2 aliphatic rings. The molecule has 0 radical (unpaired) electrons. The fourth-order valence-electron chi connectivity index (χ4n) is 3.19. The molecule has 0 aromatic heterocycles. The number of hydrogen-bond donors (Lipinski definition) is 1. The first-order valence-electron chi connectivity index (χ1n) is 8.20. The second kappa shape index (κ2) is 6.22. The van der Waals surface area contributed by atoms with Gasteiger partial charge in [-0.15, -0.1) is 0 Å². The van der Waals surface area contributed by atoms with E-state index in [-0.39, 0.29) is 5.41 Å². The van der Waals surface area contributed by atoms with E-state index >= 15 is 0 Å². The fourth-order valence-corrected chi connectivity index (χ4v) is 3.71. The number of fused-ring (bicyclic) bond motifs is 1. The minimum absolute atomic E-state index is 0.228. The smallest absolute Gasteiger partial charge is 0.231 e. The van der Waals surface area contributed by atoms with Crippen molar-refractivity contribution >= 4 is 10.8 Å². The van der Waals surface area contributed by atoms with Gasteiger partial charge >= 0.3 is 0 Å². The average molecular weight is 343 g/mol. The summed E-state index contributed by atoms with van der Waals surface area (Å²) in [6.45, 7) is 2.10. The van der Waals surface area contributed by atoms with Crippen molar-refractivity contribution in [3.8, 4) is 11.5 Å². The summed E-state index contributed by atoms with van der Waals surface area (Å²) in [7, 11) is -0.915. The van der Waals surface area contributed by atoms with Crippen LogP contribution in [-0.4, -0.2) is 23.8 Å². The third kappa shape index (κ3) is 3.06. The molecular formula is C19H21NO3S. The predicted octanol–water partition coefficient (Wildman–Crippen LogP) is 2.97. The third-order valence-corrected chi connectivity index (χ3v) is 5.82. The highest BCUT2D eigenvalue weighted by atomic mass is 32.2. The molecule has 1 saturated carbocycles. The summed E-state index contributed by atoms with van der Waals surface area (Å²) >= 11 is 0. The minimum Gasteiger partial charge on any atom is -0.454 e. The van der Waals surface area contributed by atoms with Crippen LogP contribution in [0.4, 0.5) is 0 Å². The van der Waals surface area contributed by atoms with Crippen molar-refractivity contribution in [1.29, 1.82) is 0 Å². The molecule has 1 aliphatic carbocycles. The predicted molar refractivity (Wildman–Crippen MR) is 94.0 cm³/mol. The first kappa shape index (κ1) is 15.7. The Bertz CT molecular complexity index is 769. The van der Waals surface area contributed by atoms with Crippen LogP contribution in [0, 0.1) is 0 Å². The fraction of sp³-hybridized carbons (Fsp3) is 0.368. The largest absolute Gasteiger partial charge is 0.454 e. The van der Waals surface area contributed by atoms with Gasteiger partial charge in [0.25, 0.3) is 0 Å². The summed E-state index contributed by atoms with van der Waals surface area (Å²) in [4.78, 5) is 0.873. The van der Waals surface area contributed by atoms with Crippen LogP contribution in [0.3, 0.4) is 0 Å². The molecular weight excluding hydrogens is 322 g/mol. The summed E-state index contributed by atoms with van der Waals surface area (Å²) < 4.78 is 22.3. The number of nitrogens with one attached hydrogen (secondary N) is 1. The van der Waals surface area contributed by atoms with Gasteiger partial charge in [-0.1, -0.05) is 18.2 Å². The Balaban J connectivity index is 1.38. The molecule has 0 unspecified atom stereocenters. The molecule has 0 spiro atoms. The van der Waals surface area contributed by atoms with E-state index in [1.807, 2.05) is 30.3 Å². The monoisotopic (exact) mass is 343 g/mol. The van der Waals surface area contributed by atoms with Crippen LogP contribution in [0.5, 0.6) is 11.5 Å². The van der Waals surface area contributed by atoms with Crippen molar-refractivity contribution in [1.82, 2.24) is 5.32 Å². The van der Waals surface area contributed by atoms with Crippen LogP contribution in [0.2, 0.25) is 0 Å². The summed E-state index contributed by atoms with van der Waals surface area (Å²) in [5.41, 5.74) is 2.77. The van der Waals surface area contributed by atoms with E-state index < -0.39 is 10.8 Å². The van der Waals surface area contributed by atoms with Gasteiger partial charge in [0.05, 0.1) is 0 Å². The molecule has 1 fully saturated rings. The van der Waals surface area contributed by atoms with E-state index in [0.29, 0.717) is 6.79 Å². The summed E-state index contributed by atoms with van der Waals surface area (Å²) in [6, 6.07) is 14.3. The Morgan fingerprint density at radius 1 is 1.08 bits per heavy atom. The van der Waals surface area contributed by atoms with Gasteiger partial charge < -0.3 is 14.8 Å². The lowest BCUT2D eigenvalue weighted by Crippen LogP contribution is -2.26. The molecule has 1 atom stereocenters. The van der Waals surface area contributed by atoms with Crippen molar-refractivity contribution < 1.29 is 13.7 Å². The highest BCUT2D eigenvalue weighted by molar-refractivity contribution is 7.84. The van der Waals surface area contributed by atoms with E-state index in [9.17, 15) is 4.21 Å². The second-order valence-electron chi connectivity index (χ2n) is 6.55. The van der Waals surface area contributed by atoms with E-state index in [1.165, 1.54) is 24.0 Å². The minimum atomic E-state index is -0.915. The molecule has 1 heterocycles. The summed E-state index contributed by atoms with van der Waals surface area (Å²) in [5, 5.41) is 3.57. The van der Waals surface area contributed by atoms with Gasteiger partial charge in [-0.25, -0.2) is 0 Å². The van der Waals surface area contributed by atoms with Crippen LogP contribution < -0.4 is 14.8 Å². The van der Waals surface area contributed by atoms with E-state index in [0.717, 1.165) is 29.5 Å². The standard InChI is InChI=1S/C19H21NO3S/c1-24(21)16-5-2-14(3-6-16)11-20-12-19(8-9-19)15-4-7-17-18(10-15)23-13-22-17/h2-7,10,20H,8-9,11-13H2,1H3/t24-/m1/s1. The molecule has 0 amide bonds. The maximum Gasteiger partial charge on any atom is 0.231 e. The molecule has 4 rings (SSSR count). The number of ether oxygens (including phenoxy) is 2. The van der Waals surface area contributed by atoms with Gasteiger partial charge in [0.15, 0.2) is 11.5 Å². The molecule has 126 valence electrons. The normalized spacial score (nSPS) is 18.4. The zero-order chi connectivity index (χ0) is 16.6. The molecule has 1 aliphatic heterocycles. The highest BCUT2D eigenvalue weighted by Crippen LogP contribution is 2.49. The maximum absolute atomic E-state index is 11.4. The molecule has 2 aromatic rings. The van der Waals surface area contributed by atoms with Crippen LogP contribution in [0.25, 0.3) is 0 Å². The zero-order valence-electron chi connectivity index (χ0n) is 13.7. The van der Waals surface area contributed by atoms with Gasteiger partial charge in [0.1, 0.15) is 0 Å². The zero-order valence-corrected chi connectivity index (χ0v) is 14.5. The third-order valence-electron chi connectivity index (χ3n) is 4.89. The van der Waals surface area contributed by atoms with Crippen molar-refractivity contribution in [2.45, 2.75) is 29.7 Å². The number of hydrogen-bond acceptors (Lipinski definition) is 4. The Labute approximate surface area is 144 Å². The van der Waals surface area contributed by atoms with Crippen LogP contribution in [0.15, 0.2) is 47.4 Å². The molecule has 2 aromatic carbocycles. The Morgan fingerprint density at radius 3 is 2.54 bits per heavy atom. The van der Waals surface area contributed by atoms with Crippen molar-refractivity contribution in [3.05, 3.63) is 53.6 Å². The second-order valence-corrected chi connectivity index (χ2v) is 7.93. The number of benzene rings is 2. The lowest BCUT2D eigenvalue weighted by molar-refractivity contribution is 0.174. The van der Waals surface area contributed by atoms with Gasteiger partial charge in [0.2, 0.25) is 6.79 Å².